The van der Waals surface area contributed by atoms with Crippen LogP contribution in [0.2, 0.25) is 0 Å². The van der Waals surface area contributed by atoms with Crippen molar-refractivity contribution in [1.82, 2.24) is 15.3 Å². The number of benzene rings is 2. The Bertz CT molecular complexity index is 1660. The van der Waals surface area contributed by atoms with Gasteiger partial charge in [0.2, 0.25) is 0 Å². The SMILES string of the molecule is CC(C)(C)OC(=O)NCCN(CCCN(OC(=O)N1c2ccc(C3=CCCC3)cc2Sc2cc(C(F)(F)F)ccc21)C(C)(C)C)C(=O)OC(C)(C)C. The third-order valence-electron chi connectivity index (χ3n) is 7.97. The average molecular weight is 749 g/mol. The van der Waals surface area contributed by atoms with Gasteiger partial charge in [0.1, 0.15) is 11.2 Å². The van der Waals surface area contributed by atoms with Gasteiger partial charge in [0, 0.05) is 41.5 Å². The van der Waals surface area contributed by atoms with Gasteiger partial charge in [-0.3, -0.25) is 0 Å². The van der Waals surface area contributed by atoms with E-state index in [-0.39, 0.29) is 36.8 Å². The number of ether oxygens (including phenoxy) is 2. The molecule has 286 valence electrons. The van der Waals surface area contributed by atoms with Gasteiger partial charge >= 0.3 is 24.5 Å². The fraction of sp³-hybridized carbons (Fsp3) is 0.553. The zero-order valence-corrected chi connectivity index (χ0v) is 32.3. The van der Waals surface area contributed by atoms with Gasteiger partial charge in [-0.2, -0.15) is 13.2 Å². The Balaban J connectivity index is 1.54. The molecule has 2 aliphatic rings. The zero-order valence-electron chi connectivity index (χ0n) is 31.5. The zero-order chi connectivity index (χ0) is 38.6. The molecular formula is C38H51F3N4O6S. The van der Waals surface area contributed by atoms with Crippen molar-refractivity contribution in [2.75, 3.05) is 31.1 Å². The van der Waals surface area contributed by atoms with Crippen LogP contribution in [0.15, 0.2) is 52.3 Å². The summed E-state index contributed by atoms with van der Waals surface area (Å²) in [6.07, 6.45) is -1.07. The van der Waals surface area contributed by atoms with E-state index in [0.717, 1.165) is 37.0 Å². The van der Waals surface area contributed by atoms with Crippen LogP contribution >= 0.6 is 11.8 Å². The number of rotatable bonds is 9. The standard InChI is InChI=1S/C38H51F3N4O6S/c1-35(2,3)44(21-12-20-43(33(47)50-37(7,8)9)22-19-42-32(46)49-36(4,5)6)51-34(48)45-28-17-15-26(25-13-10-11-14-25)23-30(28)52-31-24-27(38(39,40)41)16-18-29(31)45/h13,15-18,23-24H,10-12,14,19-22H2,1-9H3,(H,42,46). The Morgan fingerprint density at radius 1 is 0.846 bits per heavy atom. The molecule has 1 aliphatic carbocycles. The van der Waals surface area contributed by atoms with E-state index in [9.17, 15) is 27.6 Å². The number of carbonyl (C=O) groups excluding carboxylic acids is 3. The lowest BCUT2D eigenvalue weighted by Crippen LogP contribution is -2.47. The van der Waals surface area contributed by atoms with E-state index in [1.807, 2.05) is 39.0 Å². The van der Waals surface area contributed by atoms with Crippen molar-refractivity contribution in [3.63, 3.8) is 0 Å². The molecule has 0 radical (unpaired) electrons. The first-order valence-corrected chi connectivity index (χ1v) is 18.3. The summed E-state index contributed by atoms with van der Waals surface area (Å²) in [6.45, 7) is 16.8. The second-order valence-electron chi connectivity index (χ2n) is 15.8. The summed E-state index contributed by atoms with van der Waals surface area (Å²) in [5.41, 5.74) is -0.000111. The van der Waals surface area contributed by atoms with Crippen LogP contribution in [0.4, 0.5) is 38.9 Å². The normalized spacial score (nSPS) is 14.7. The minimum atomic E-state index is -4.56. The lowest BCUT2D eigenvalue weighted by molar-refractivity contribution is -0.156. The van der Waals surface area contributed by atoms with Gasteiger partial charge in [0.05, 0.1) is 16.9 Å². The molecule has 1 heterocycles. The Labute approximate surface area is 309 Å². The number of fused-ring (bicyclic) bond motifs is 2. The van der Waals surface area contributed by atoms with Crippen molar-refractivity contribution >= 4 is 47.0 Å². The summed E-state index contributed by atoms with van der Waals surface area (Å²) in [5.74, 6) is 0. The van der Waals surface area contributed by atoms with Gasteiger partial charge in [-0.05, 0) is 129 Å². The van der Waals surface area contributed by atoms with Crippen molar-refractivity contribution in [1.29, 1.82) is 0 Å². The van der Waals surface area contributed by atoms with E-state index in [1.54, 1.807) is 41.5 Å². The lowest BCUT2D eigenvalue weighted by atomic mass is 10.0. The smallest absolute Gasteiger partial charge is 0.438 e. The minimum absolute atomic E-state index is 0.118. The van der Waals surface area contributed by atoms with Gasteiger partial charge in [0.25, 0.3) is 0 Å². The number of allylic oxidation sites excluding steroid dienone is 2. The maximum Gasteiger partial charge on any atom is 0.438 e. The molecule has 0 saturated heterocycles. The molecule has 0 atom stereocenters. The predicted molar refractivity (Wildman–Crippen MR) is 196 cm³/mol. The largest absolute Gasteiger partial charge is 0.444 e. The second kappa shape index (κ2) is 16.0. The van der Waals surface area contributed by atoms with Crippen LogP contribution in [0.25, 0.3) is 5.57 Å². The summed E-state index contributed by atoms with van der Waals surface area (Å²) in [7, 11) is 0. The van der Waals surface area contributed by atoms with Crippen LogP contribution in [-0.4, -0.2) is 71.2 Å². The highest BCUT2D eigenvalue weighted by atomic mass is 32.2. The number of alkyl carbamates (subject to hydrolysis) is 1. The number of alkyl halides is 3. The Morgan fingerprint density at radius 3 is 2.06 bits per heavy atom. The van der Waals surface area contributed by atoms with Crippen molar-refractivity contribution in [2.45, 2.75) is 121 Å². The van der Waals surface area contributed by atoms with Gasteiger partial charge in [0.15, 0.2) is 0 Å². The molecule has 2 aromatic rings. The monoisotopic (exact) mass is 748 g/mol. The van der Waals surface area contributed by atoms with Crippen molar-refractivity contribution < 1.29 is 41.9 Å². The topological polar surface area (TPSA) is 101 Å². The fourth-order valence-corrected chi connectivity index (χ4v) is 6.74. The molecule has 0 bridgehead atoms. The van der Waals surface area contributed by atoms with E-state index in [2.05, 4.69) is 11.4 Å². The number of hydroxylamine groups is 2. The fourth-order valence-electron chi connectivity index (χ4n) is 5.60. The minimum Gasteiger partial charge on any atom is -0.444 e. The van der Waals surface area contributed by atoms with Gasteiger partial charge in [-0.25, -0.2) is 19.3 Å². The van der Waals surface area contributed by atoms with Crippen molar-refractivity contribution in [3.05, 3.63) is 53.6 Å². The van der Waals surface area contributed by atoms with Crippen LogP contribution in [0.5, 0.6) is 0 Å². The van der Waals surface area contributed by atoms with Gasteiger partial charge < -0.3 is 24.5 Å². The Kier molecular flexibility index (Phi) is 12.6. The first-order chi connectivity index (χ1) is 24.0. The summed E-state index contributed by atoms with van der Waals surface area (Å²) < 4.78 is 52.2. The molecule has 0 unspecified atom stereocenters. The molecular weight excluding hydrogens is 698 g/mol. The summed E-state index contributed by atoms with van der Waals surface area (Å²) in [4.78, 5) is 49.2. The van der Waals surface area contributed by atoms with E-state index < -0.39 is 46.8 Å². The summed E-state index contributed by atoms with van der Waals surface area (Å²) in [5, 5.41) is 4.16. The molecule has 0 aromatic heterocycles. The molecule has 0 spiro atoms. The van der Waals surface area contributed by atoms with Crippen LogP contribution in [0.3, 0.4) is 0 Å². The van der Waals surface area contributed by atoms with Crippen LogP contribution in [-0.2, 0) is 20.5 Å². The molecule has 14 heteroatoms. The third-order valence-corrected chi connectivity index (χ3v) is 9.06. The number of hydrogen-bond donors (Lipinski definition) is 1. The molecule has 10 nitrogen and oxygen atoms in total. The van der Waals surface area contributed by atoms with E-state index in [0.29, 0.717) is 17.0 Å². The van der Waals surface area contributed by atoms with Crippen molar-refractivity contribution in [2.24, 2.45) is 0 Å². The number of halogens is 3. The van der Waals surface area contributed by atoms with Crippen LogP contribution in [0.1, 0.15) is 99.1 Å². The van der Waals surface area contributed by atoms with E-state index in [4.69, 9.17) is 14.3 Å². The first-order valence-electron chi connectivity index (χ1n) is 17.5. The molecule has 1 N–H and O–H groups in total. The number of anilines is 2. The molecule has 3 amide bonds. The predicted octanol–water partition coefficient (Wildman–Crippen LogP) is 10.2. The van der Waals surface area contributed by atoms with Crippen LogP contribution in [0, 0.1) is 0 Å². The quantitative estimate of drug-likeness (QED) is 0.253. The Hall–Kier alpha value is -3.91. The molecule has 0 fully saturated rings. The maximum atomic E-state index is 14.2. The molecule has 1 aliphatic heterocycles. The Morgan fingerprint density at radius 2 is 1.48 bits per heavy atom. The molecule has 0 saturated carbocycles. The van der Waals surface area contributed by atoms with Crippen molar-refractivity contribution in [3.8, 4) is 0 Å². The number of nitrogens with one attached hydrogen (secondary N) is 1. The van der Waals surface area contributed by atoms with E-state index in [1.165, 1.54) is 38.3 Å². The lowest BCUT2D eigenvalue weighted by Gasteiger charge is -2.37. The highest BCUT2D eigenvalue weighted by Gasteiger charge is 2.37. The number of carbonyl (C=O) groups is 3. The molecule has 52 heavy (non-hydrogen) atoms. The summed E-state index contributed by atoms with van der Waals surface area (Å²) in [6, 6.07) is 8.99. The first kappa shape index (κ1) is 40.9. The van der Waals surface area contributed by atoms with Crippen LogP contribution < -0.4 is 10.2 Å². The summed E-state index contributed by atoms with van der Waals surface area (Å²) >= 11 is 1.19. The molecule has 4 rings (SSSR count). The number of amides is 3. The number of nitrogens with zero attached hydrogens (tertiary/aromatic N) is 3. The maximum absolute atomic E-state index is 14.2. The van der Waals surface area contributed by atoms with Gasteiger partial charge in [-0.15, -0.1) is 5.06 Å². The highest BCUT2D eigenvalue weighted by Crippen LogP contribution is 2.51. The van der Waals surface area contributed by atoms with Gasteiger partial charge in [-0.1, -0.05) is 23.9 Å². The average Bonchev–Trinajstić information content (AvgIpc) is 3.54. The molecule has 2 aromatic carbocycles. The number of hydrogen-bond acceptors (Lipinski definition) is 8. The van der Waals surface area contributed by atoms with E-state index >= 15 is 0 Å². The second-order valence-corrected chi connectivity index (χ2v) is 16.9. The third kappa shape index (κ3) is 11.3. The highest BCUT2D eigenvalue weighted by molar-refractivity contribution is 7.99.